The Bertz CT molecular complexity index is 749. The number of primary amides is 1. The third-order valence-corrected chi connectivity index (χ3v) is 5.37. The highest BCUT2D eigenvalue weighted by molar-refractivity contribution is 7.90. The number of carbonyl (C=O) groups is 1. The van der Waals surface area contributed by atoms with Crippen molar-refractivity contribution in [3.05, 3.63) is 23.8 Å². The fraction of sp³-hybridized carbons (Fsp3) is 0.429. The Morgan fingerprint density at radius 1 is 1.36 bits per heavy atom. The molecule has 1 aromatic carbocycles. The van der Waals surface area contributed by atoms with Gasteiger partial charge in [-0.05, 0) is 37.5 Å². The van der Waals surface area contributed by atoms with Gasteiger partial charge in [0.1, 0.15) is 4.90 Å². The van der Waals surface area contributed by atoms with Crippen LogP contribution in [0.15, 0.2) is 27.5 Å². The summed E-state index contributed by atoms with van der Waals surface area (Å²) < 4.78 is 28.5. The first-order valence-corrected chi connectivity index (χ1v) is 8.58. The van der Waals surface area contributed by atoms with Gasteiger partial charge < -0.3 is 16.0 Å². The average Bonchev–Trinajstić information content (AvgIpc) is 2.47. The number of piperidine rings is 1. The number of benzene rings is 1. The Labute approximate surface area is 129 Å². The molecule has 0 aliphatic carbocycles. The number of sulfonamides is 1. The average molecular weight is 322 g/mol. The van der Waals surface area contributed by atoms with Gasteiger partial charge >= 0.3 is 0 Å². The van der Waals surface area contributed by atoms with Gasteiger partial charge in [-0.3, -0.25) is 4.79 Å². The largest absolute Gasteiger partial charge is 0.369 e. The van der Waals surface area contributed by atoms with Crippen molar-refractivity contribution < 1.29 is 13.2 Å². The van der Waals surface area contributed by atoms with Crippen LogP contribution in [0.3, 0.4) is 0 Å². The maximum Gasteiger partial charge on any atom is 0.287 e. The van der Waals surface area contributed by atoms with E-state index in [-0.39, 0.29) is 16.7 Å². The number of hydrogen-bond acceptors (Lipinski definition) is 5. The van der Waals surface area contributed by atoms with Crippen molar-refractivity contribution in [3.8, 4) is 0 Å². The summed E-state index contributed by atoms with van der Waals surface area (Å²) in [5.41, 5.74) is 6.71. The molecule has 2 heterocycles. The van der Waals surface area contributed by atoms with Crippen LogP contribution in [-0.4, -0.2) is 38.3 Å². The van der Waals surface area contributed by atoms with Crippen LogP contribution >= 0.6 is 0 Å². The van der Waals surface area contributed by atoms with Crippen LogP contribution < -0.4 is 11.1 Å². The first kappa shape index (κ1) is 14.8. The Balaban J connectivity index is 1.85. The molecule has 0 aromatic heterocycles. The molecule has 0 spiro atoms. The maximum atomic E-state index is 12.3. The van der Waals surface area contributed by atoms with E-state index < -0.39 is 10.0 Å². The van der Waals surface area contributed by atoms with Crippen LogP contribution in [0.25, 0.3) is 0 Å². The molecule has 0 unspecified atom stereocenters. The van der Waals surface area contributed by atoms with Crippen LogP contribution in [0.5, 0.6) is 0 Å². The van der Waals surface area contributed by atoms with Gasteiger partial charge in [0.2, 0.25) is 11.9 Å². The minimum atomic E-state index is -3.70. The second-order valence-corrected chi connectivity index (χ2v) is 7.25. The van der Waals surface area contributed by atoms with Crippen molar-refractivity contribution in [3.63, 3.8) is 0 Å². The second kappa shape index (κ2) is 5.28. The molecule has 0 atom stereocenters. The fourth-order valence-electron chi connectivity index (χ4n) is 2.77. The molecule has 0 radical (unpaired) electrons. The number of likely N-dealkylation sites (tertiary alicyclic amines) is 1. The maximum absolute atomic E-state index is 12.3. The highest BCUT2D eigenvalue weighted by Crippen LogP contribution is 2.29. The summed E-state index contributed by atoms with van der Waals surface area (Å²) in [6, 6.07) is 5.20. The molecule has 2 aliphatic heterocycles. The topological polar surface area (TPSA) is 105 Å². The predicted molar refractivity (Wildman–Crippen MR) is 82.9 cm³/mol. The Morgan fingerprint density at radius 3 is 2.68 bits per heavy atom. The van der Waals surface area contributed by atoms with E-state index >= 15 is 0 Å². The van der Waals surface area contributed by atoms with Crippen molar-refractivity contribution >= 4 is 27.6 Å². The first-order chi connectivity index (χ1) is 10.4. The van der Waals surface area contributed by atoms with Crippen molar-refractivity contribution in [2.45, 2.75) is 24.7 Å². The quantitative estimate of drug-likeness (QED) is 0.790. The number of guanidine groups is 1. The number of nitrogens with one attached hydrogen (secondary N) is 1. The summed E-state index contributed by atoms with van der Waals surface area (Å²) in [5, 5.41) is 3.07. The minimum absolute atomic E-state index is 0.146. The Kier molecular flexibility index (Phi) is 3.56. The van der Waals surface area contributed by atoms with Gasteiger partial charge in [0.25, 0.3) is 10.0 Å². The third kappa shape index (κ3) is 2.66. The molecule has 1 amide bonds. The van der Waals surface area contributed by atoms with Crippen molar-refractivity contribution in [2.24, 2.45) is 16.0 Å². The first-order valence-electron chi connectivity index (χ1n) is 7.14. The normalized spacial score (nSPS) is 20.8. The lowest BCUT2D eigenvalue weighted by molar-refractivity contribution is -0.122. The highest BCUT2D eigenvalue weighted by Gasteiger charge is 2.30. The van der Waals surface area contributed by atoms with E-state index in [0.29, 0.717) is 37.6 Å². The van der Waals surface area contributed by atoms with Crippen LogP contribution in [0.4, 0.5) is 5.69 Å². The monoisotopic (exact) mass is 322 g/mol. The van der Waals surface area contributed by atoms with Gasteiger partial charge in [-0.2, -0.15) is 8.42 Å². The number of rotatable bonds is 1. The SMILES string of the molecule is Cc1ccc2c(c1)S(=O)(=O)N=C(N1CCC(C(N)=O)CC1)N2. The zero-order chi connectivity index (χ0) is 15.9. The Hall–Kier alpha value is -2.09. The lowest BCUT2D eigenvalue weighted by Gasteiger charge is -2.34. The zero-order valence-electron chi connectivity index (χ0n) is 12.2. The molecule has 2 aliphatic rings. The van der Waals surface area contributed by atoms with Crippen molar-refractivity contribution in [1.82, 2.24) is 4.90 Å². The summed E-state index contributed by atoms with van der Waals surface area (Å²) in [7, 11) is -3.70. The smallest absolute Gasteiger partial charge is 0.287 e. The summed E-state index contributed by atoms with van der Waals surface area (Å²) >= 11 is 0. The van der Waals surface area contributed by atoms with E-state index in [1.807, 2.05) is 17.9 Å². The number of nitrogens with zero attached hydrogens (tertiary/aromatic N) is 2. The number of hydrogen-bond donors (Lipinski definition) is 2. The van der Waals surface area contributed by atoms with Gasteiger partial charge in [0, 0.05) is 19.0 Å². The molecular weight excluding hydrogens is 304 g/mol. The molecule has 0 saturated carbocycles. The van der Waals surface area contributed by atoms with E-state index in [2.05, 4.69) is 9.71 Å². The lowest BCUT2D eigenvalue weighted by Crippen LogP contribution is -2.45. The summed E-state index contributed by atoms with van der Waals surface area (Å²) in [4.78, 5) is 13.2. The van der Waals surface area contributed by atoms with Crippen LogP contribution in [0.2, 0.25) is 0 Å². The van der Waals surface area contributed by atoms with Gasteiger partial charge in [-0.25, -0.2) is 0 Å². The molecule has 1 saturated heterocycles. The molecule has 7 nitrogen and oxygen atoms in total. The third-order valence-electron chi connectivity index (χ3n) is 4.07. The number of fused-ring (bicyclic) bond motifs is 1. The van der Waals surface area contributed by atoms with E-state index in [1.165, 1.54) is 0 Å². The molecular formula is C14H18N4O3S. The number of nitrogens with two attached hydrogens (primary N) is 1. The molecule has 1 fully saturated rings. The number of carbonyl (C=O) groups excluding carboxylic acids is 1. The van der Waals surface area contributed by atoms with Crippen LogP contribution in [0, 0.1) is 12.8 Å². The van der Waals surface area contributed by atoms with E-state index in [4.69, 9.17) is 5.73 Å². The molecule has 1 aromatic rings. The van der Waals surface area contributed by atoms with Crippen molar-refractivity contribution in [1.29, 1.82) is 0 Å². The summed E-state index contributed by atoms with van der Waals surface area (Å²) in [6.07, 6.45) is 1.22. The molecule has 8 heteroatoms. The van der Waals surface area contributed by atoms with Crippen molar-refractivity contribution in [2.75, 3.05) is 18.4 Å². The summed E-state index contributed by atoms with van der Waals surface area (Å²) in [5.74, 6) is -0.127. The molecule has 0 bridgehead atoms. The summed E-state index contributed by atoms with van der Waals surface area (Å²) in [6.45, 7) is 2.94. The van der Waals surface area contributed by atoms with E-state index in [1.54, 1.807) is 12.1 Å². The number of amides is 1. The Morgan fingerprint density at radius 2 is 2.05 bits per heavy atom. The minimum Gasteiger partial charge on any atom is -0.369 e. The van der Waals surface area contributed by atoms with Gasteiger partial charge in [-0.15, -0.1) is 4.40 Å². The molecule has 3 rings (SSSR count). The lowest BCUT2D eigenvalue weighted by atomic mass is 9.96. The van der Waals surface area contributed by atoms with Crippen LogP contribution in [0.1, 0.15) is 18.4 Å². The van der Waals surface area contributed by atoms with Crippen LogP contribution in [-0.2, 0) is 14.8 Å². The highest BCUT2D eigenvalue weighted by atomic mass is 32.2. The van der Waals surface area contributed by atoms with E-state index in [9.17, 15) is 13.2 Å². The zero-order valence-corrected chi connectivity index (χ0v) is 13.1. The van der Waals surface area contributed by atoms with Gasteiger partial charge in [-0.1, -0.05) is 6.07 Å². The fourth-order valence-corrected chi connectivity index (χ4v) is 3.98. The second-order valence-electron chi connectivity index (χ2n) is 5.68. The standard InChI is InChI=1S/C14H18N4O3S/c1-9-2-3-11-12(8-9)22(20,21)17-14(16-11)18-6-4-10(5-7-18)13(15)19/h2-3,8,10H,4-7H2,1H3,(H2,15,19)(H,16,17). The molecule has 22 heavy (non-hydrogen) atoms. The number of aryl methyl sites for hydroxylation is 1. The number of anilines is 1. The predicted octanol–water partition coefficient (Wildman–Crippen LogP) is 0.663. The molecule has 3 N–H and O–H groups in total. The molecule has 118 valence electrons. The van der Waals surface area contributed by atoms with E-state index in [0.717, 1.165) is 5.56 Å². The van der Waals surface area contributed by atoms with Gasteiger partial charge in [0.05, 0.1) is 5.69 Å². The van der Waals surface area contributed by atoms with Gasteiger partial charge in [0.15, 0.2) is 0 Å².